The first-order chi connectivity index (χ1) is 7.77. The van der Waals surface area contributed by atoms with Gasteiger partial charge in [0.25, 0.3) is 5.91 Å². The molecule has 0 atom stereocenters. The van der Waals surface area contributed by atoms with Crippen LogP contribution >= 0.6 is 0 Å². The van der Waals surface area contributed by atoms with Crippen molar-refractivity contribution in [1.29, 1.82) is 0 Å². The number of para-hydroxylation sites is 1. The number of nitrogens with one attached hydrogen (secondary N) is 1. The van der Waals surface area contributed by atoms with E-state index in [1.807, 2.05) is 0 Å². The highest BCUT2D eigenvalue weighted by Gasteiger charge is 2.04. The highest BCUT2D eigenvalue weighted by molar-refractivity contribution is 5.77. The van der Waals surface area contributed by atoms with Crippen molar-refractivity contribution in [1.82, 2.24) is 5.32 Å². The summed E-state index contributed by atoms with van der Waals surface area (Å²) in [6, 6.07) is 6.95. The fraction of sp³-hybridized carbons (Fsp3) is 0.364. The number of hydrogen-bond acceptors (Lipinski definition) is 4. The van der Waals surface area contributed by atoms with E-state index in [9.17, 15) is 4.79 Å². The van der Waals surface area contributed by atoms with Crippen molar-refractivity contribution in [3.63, 3.8) is 0 Å². The summed E-state index contributed by atoms with van der Waals surface area (Å²) in [5, 5.41) is 20.0. The van der Waals surface area contributed by atoms with Gasteiger partial charge in [0, 0.05) is 12.1 Å². The molecule has 5 heteroatoms. The first-order valence-electron chi connectivity index (χ1n) is 4.97. The molecule has 0 unspecified atom stereocenters. The van der Waals surface area contributed by atoms with Crippen molar-refractivity contribution in [2.75, 3.05) is 19.8 Å². The standard InChI is InChI=1S/C11H15NO4/c13-6-5-12-11(15)8-16-10-4-2-1-3-9(10)7-14/h1-4,13-14H,5-8H2,(H,12,15). The van der Waals surface area contributed by atoms with Crippen molar-refractivity contribution in [2.24, 2.45) is 0 Å². The zero-order valence-corrected chi connectivity index (χ0v) is 8.85. The molecular weight excluding hydrogens is 210 g/mol. The van der Waals surface area contributed by atoms with Gasteiger partial charge in [0.15, 0.2) is 6.61 Å². The van der Waals surface area contributed by atoms with Crippen LogP contribution < -0.4 is 10.1 Å². The molecule has 0 heterocycles. The lowest BCUT2D eigenvalue weighted by atomic mass is 10.2. The zero-order chi connectivity index (χ0) is 11.8. The van der Waals surface area contributed by atoms with E-state index in [0.29, 0.717) is 11.3 Å². The van der Waals surface area contributed by atoms with E-state index in [1.54, 1.807) is 24.3 Å². The summed E-state index contributed by atoms with van der Waals surface area (Å²) in [5.74, 6) is 0.186. The third-order valence-electron chi connectivity index (χ3n) is 1.94. The number of amides is 1. The fourth-order valence-corrected chi connectivity index (χ4v) is 1.16. The SMILES string of the molecule is O=C(COc1ccccc1CO)NCCO. The number of carbonyl (C=O) groups is 1. The molecule has 0 bridgehead atoms. The molecule has 0 aliphatic rings. The van der Waals surface area contributed by atoms with Crippen molar-refractivity contribution in [2.45, 2.75) is 6.61 Å². The number of aliphatic hydroxyl groups is 2. The minimum Gasteiger partial charge on any atom is -0.483 e. The van der Waals surface area contributed by atoms with E-state index >= 15 is 0 Å². The Balaban J connectivity index is 2.44. The van der Waals surface area contributed by atoms with Gasteiger partial charge in [-0.25, -0.2) is 0 Å². The van der Waals surface area contributed by atoms with Gasteiger partial charge in [-0.3, -0.25) is 4.79 Å². The Hall–Kier alpha value is -1.59. The van der Waals surface area contributed by atoms with Crippen LogP contribution in [0.5, 0.6) is 5.75 Å². The summed E-state index contributed by atoms with van der Waals surface area (Å²) in [4.78, 5) is 11.2. The van der Waals surface area contributed by atoms with E-state index in [1.165, 1.54) is 0 Å². The zero-order valence-electron chi connectivity index (χ0n) is 8.85. The van der Waals surface area contributed by atoms with Gasteiger partial charge in [0.05, 0.1) is 13.2 Å². The van der Waals surface area contributed by atoms with Gasteiger partial charge >= 0.3 is 0 Å². The number of ether oxygens (including phenoxy) is 1. The van der Waals surface area contributed by atoms with Crippen LogP contribution in [0.3, 0.4) is 0 Å². The molecule has 0 spiro atoms. The summed E-state index contributed by atoms with van der Waals surface area (Å²) >= 11 is 0. The lowest BCUT2D eigenvalue weighted by molar-refractivity contribution is -0.123. The van der Waals surface area contributed by atoms with Gasteiger partial charge in [0.2, 0.25) is 0 Å². The molecule has 0 aliphatic heterocycles. The molecular formula is C11H15NO4. The third-order valence-corrected chi connectivity index (χ3v) is 1.94. The van der Waals surface area contributed by atoms with Crippen LogP contribution in [0, 0.1) is 0 Å². The Bertz CT molecular complexity index is 341. The summed E-state index contributed by atoms with van der Waals surface area (Å²) in [6.45, 7) is -0.145. The van der Waals surface area contributed by atoms with E-state index in [4.69, 9.17) is 14.9 Å². The summed E-state index contributed by atoms with van der Waals surface area (Å²) < 4.78 is 5.23. The molecule has 0 fully saturated rings. The first-order valence-corrected chi connectivity index (χ1v) is 4.97. The number of rotatable bonds is 6. The van der Waals surface area contributed by atoms with Gasteiger partial charge in [-0.1, -0.05) is 18.2 Å². The average Bonchev–Trinajstić information content (AvgIpc) is 2.34. The van der Waals surface area contributed by atoms with E-state index in [2.05, 4.69) is 5.32 Å². The Morgan fingerprint density at radius 2 is 2.06 bits per heavy atom. The molecule has 3 N–H and O–H groups in total. The average molecular weight is 225 g/mol. The molecule has 0 aromatic heterocycles. The Morgan fingerprint density at radius 1 is 1.31 bits per heavy atom. The Morgan fingerprint density at radius 3 is 2.75 bits per heavy atom. The molecule has 1 rings (SSSR count). The lowest BCUT2D eigenvalue weighted by Gasteiger charge is -2.09. The largest absolute Gasteiger partial charge is 0.483 e. The maximum Gasteiger partial charge on any atom is 0.258 e. The molecule has 5 nitrogen and oxygen atoms in total. The molecule has 1 aromatic carbocycles. The highest BCUT2D eigenvalue weighted by Crippen LogP contribution is 2.17. The summed E-state index contributed by atoms with van der Waals surface area (Å²) in [6.07, 6.45) is 0. The molecule has 1 amide bonds. The number of carbonyl (C=O) groups excluding carboxylic acids is 1. The molecule has 0 saturated carbocycles. The summed E-state index contributed by atoms with van der Waals surface area (Å²) in [7, 11) is 0. The fourth-order valence-electron chi connectivity index (χ4n) is 1.16. The van der Waals surface area contributed by atoms with Crippen molar-refractivity contribution in [3.8, 4) is 5.75 Å². The van der Waals surface area contributed by atoms with Crippen LogP contribution in [-0.4, -0.2) is 35.9 Å². The molecule has 1 aromatic rings. The van der Waals surface area contributed by atoms with E-state index in [0.717, 1.165) is 0 Å². The predicted molar refractivity (Wildman–Crippen MR) is 58.0 cm³/mol. The molecule has 0 aliphatic carbocycles. The normalized spacial score (nSPS) is 9.88. The number of benzene rings is 1. The van der Waals surface area contributed by atoms with Gasteiger partial charge in [-0.05, 0) is 6.07 Å². The molecule has 16 heavy (non-hydrogen) atoms. The van der Waals surface area contributed by atoms with Crippen LogP contribution in [0.15, 0.2) is 24.3 Å². The van der Waals surface area contributed by atoms with E-state index in [-0.39, 0.29) is 32.3 Å². The minimum absolute atomic E-state index is 0.0982. The number of hydrogen-bond donors (Lipinski definition) is 3. The molecule has 0 saturated heterocycles. The van der Waals surface area contributed by atoms with Crippen LogP contribution in [0.4, 0.5) is 0 Å². The third kappa shape index (κ3) is 3.88. The number of aliphatic hydroxyl groups excluding tert-OH is 2. The Labute approximate surface area is 93.7 Å². The predicted octanol–water partition coefficient (Wildman–Crippen LogP) is -0.334. The van der Waals surface area contributed by atoms with Crippen molar-refractivity contribution >= 4 is 5.91 Å². The second-order valence-electron chi connectivity index (χ2n) is 3.13. The topological polar surface area (TPSA) is 78.8 Å². The van der Waals surface area contributed by atoms with Crippen LogP contribution in [-0.2, 0) is 11.4 Å². The van der Waals surface area contributed by atoms with Crippen molar-refractivity contribution < 1.29 is 19.7 Å². The van der Waals surface area contributed by atoms with Gasteiger partial charge in [0.1, 0.15) is 5.75 Å². The molecule has 88 valence electrons. The maximum atomic E-state index is 11.2. The van der Waals surface area contributed by atoms with Crippen LogP contribution in [0.25, 0.3) is 0 Å². The second-order valence-corrected chi connectivity index (χ2v) is 3.13. The summed E-state index contributed by atoms with van der Waals surface area (Å²) in [5.41, 5.74) is 0.637. The maximum absolute atomic E-state index is 11.2. The Kier molecular flexibility index (Phi) is 5.31. The van der Waals surface area contributed by atoms with Crippen molar-refractivity contribution in [3.05, 3.63) is 29.8 Å². The molecule has 0 radical (unpaired) electrons. The second kappa shape index (κ2) is 6.81. The van der Waals surface area contributed by atoms with Gasteiger partial charge < -0.3 is 20.3 Å². The minimum atomic E-state index is -0.304. The first kappa shape index (κ1) is 12.5. The monoisotopic (exact) mass is 225 g/mol. The van der Waals surface area contributed by atoms with Crippen LogP contribution in [0.1, 0.15) is 5.56 Å². The lowest BCUT2D eigenvalue weighted by Crippen LogP contribution is -2.31. The smallest absolute Gasteiger partial charge is 0.258 e. The van der Waals surface area contributed by atoms with E-state index < -0.39 is 0 Å². The van der Waals surface area contributed by atoms with Crippen LogP contribution in [0.2, 0.25) is 0 Å². The highest BCUT2D eigenvalue weighted by atomic mass is 16.5. The van der Waals surface area contributed by atoms with Gasteiger partial charge in [-0.2, -0.15) is 0 Å². The van der Waals surface area contributed by atoms with Gasteiger partial charge in [-0.15, -0.1) is 0 Å². The quantitative estimate of drug-likeness (QED) is 0.619.